The number of fused-ring (bicyclic) bond motifs is 1. The summed E-state index contributed by atoms with van der Waals surface area (Å²) in [6.07, 6.45) is 5.02. The summed E-state index contributed by atoms with van der Waals surface area (Å²) in [7, 11) is 0. The van der Waals surface area contributed by atoms with Crippen molar-refractivity contribution in [2.45, 2.75) is 26.2 Å². The van der Waals surface area contributed by atoms with Crippen molar-refractivity contribution in [1.29, 1.82) is 5.26 Å². The molecule has 1 aliphatic heterocycles. The van der Waals surface area contributed by atoms with Crippen LogP contribution >= 0.6 is 0 Å². The van der Waals surface area contributed by atoms with Crippen LogP contribution in [0.25, 0.3) is 17.0 Å². The summed E-state index contributed by atoms with van der Waals surface area (Å²) in [5, 5.41) is 10.1. The number of amides is 1. The zero-order valence-electron chi connectivity index (χ0n) is 13.7. The fourth-order valence-corrected chi connectivity index (χ4v) is 3.06. The lowest BCUT2D eigenvalue weighted by Gasteiger charge is -2.29. The molecule has 0 bridgehead atoms. The van der Waals surface area contributed by atoms with Gasteiger partial charge in [0.05, 0.1) is 5.52 Å². The number of hydrogen-bond donors (Lipinski definition) is 1. The predicted molar refractivity (Wildman–Crippen MR) is 95.3 cm³/mol. The van der Waals surface area contributed by atoms with E-state index in [1.54, 1.807) is 6.08 Å². The first-order valence-electron chi connectivity index (χ1n) is 8.16. The number of pyridine rings is 1. The Bertz CT molecular complexity index is 858. The summed E-state index contributed by atoms with van der Waals surface area (Å²) in [5.74, 6) is 0.105. The molecule has 1 aromatic carbocycles. The Morgan fingerprint density at radius 1 is 1.29 bits per heavy atom. The maximum atomic E-state index is 11.4. The third-order valence-electron chi connectivity index (χ3n) is 4.32. The summed E-state index contributed by atoms with van der Waals surface area (Å²) in [6, 6.07) is 9.94. The van der Waals surface area contributed by atoms with Crippen LogP contribution in [0.1, 0.15) is 30.4 Å². The summed E-state index contributed by atoms with van der Waals surface area (Å²) in [6.45, 7) is 3.91. The molecule has 0 unspecified atom stereocenters. The molecule has 1 fully saturated rings. The highest BCUT2D eigenvalue weighted by Crippen LogP contribution is 2.28. The van der Waals surface area contributed by atoms with Gasteiger partial charge in [-0.2, -0.15) is 5.26 Å². The van der Waals surface area contributed by atoms with Crippen molar-refractivity contribution in [3.8, 4) is 6.07 Å². The largest absolute Gasteiger partial charge is 0.365 e. The number of rotatable bonds is 3. The molecule has 0 aliphatic carbocycles. The SMILES string of the molecule is Cc1ccc2cc(C=C(C#N)C(N)=O)c(N3CCCCC3)nc2c1. The number of piperidine rings is 1. The first-order chi connectivity index (χ1) is 11.6. The third-order valence-corrected chi connectivity index (χ3v) is 4.32. The van der Waals surface area contributed by atoms with Crippen LogP contribution in [0.2, 0.25) is 0 Å². The van der Waals surface area contributed by atoms with Gasteiger partial charge in [-0.15, -0.1) is 0 Å². The number of anilines is 1. The number of aryl methyl sites for hydroxylation is 1. The van der Waals surface area contributed by atoms with Crippen molar-refractivity contribution in [2.24, 2.45) is 5.73 Å². The summed E-state index contributed by atoms with van der Waals surface area (Å²) < 4.78 is 0. The van der Waals surface area contributed by atoms with Crippen molar-refractivity contribution >= 4 is 28.7 Å². The fourth-order valence-electron chi connectivity index (χ4n) is 3.06. The Kier molecular flexibility index (Phi) is 4.48. The maximum absolute atomic E-state index is 11.4. The lowest BCUT2D eigenvalue weighted by molar-refractivity contribution is -0.114. The van der Waals surface area contributed by atoms with Gasteiger partial charge in [-0.3, -0.25) is 4.79 Å². The predicted octanol–water partition coefficient (Wildman–Crippen LogP) is 2.93. The van der Waals surface area contributed by atoms with Crippen LogP contribution in [0.15, 0.2) is 29.8 Å². The van der Waals surface area contributed by atoms with E-state index >= 15 is 0 Å². The van der Waals surface area contributed by atoms with Crippen molar-refractivity contribution in [2.75, 3.05) is 18.0 Å². The molecule has 5 nitrogen and oxygen atoms in total. The Balaban J connectivity index is 2.18. The van der Waals surface area contributed by atoms with E-state index in [1.807, 2.05) is 31.2 Å². The molecule has 1 saturated heterocycles. The monoisotopic (exact) mass is 320 g/mol. The zero-order valence-corrected chi connectivity index (χ0v) is 13.7. The lowest BCUT2D eigenvalue weighted by atomic mass is 10.0. The van der Waals surface area contributed by atoms with Gasteiger partial charge in [0.1, 0.15) is 17.5 Å². The van der Waals surface area contributed by atoms with Gasteiger partial charge < -0.3 is 10.6 Å². The Morgan fingerprint density at radius 3 is 2.71 bits per heavy atom. The highest BCUT2D eigenvalue weighted by atomic mass is 16.1. The van der Waals surface area contributed by atoms with Crippen LogP contribution in [0.4, 0.5) is 5.82 Å². The van der Waals surface area contributed by atoms with Gasteiger partial charge >= 0.3 is 0 Å². The number of carbonyl (C=O) groups excluding carboxylic acids is 1. The molecule has 0 saturated carbocycles. The van der Waals surface area contributed by atoms with Crippen LogP contribution in [-0.4, -0.2) is 24.0 Å². The smallest absolute Gasteiger partial charge is 0.259 e. The van der Waals surface area contributed by atoms with E-state index in [9.17, 15) is 4.79 Å². The van der Waals surface area contributed by atoms with E-state index in [4.69, 9.17) is 16.0 Å². The molecule has 1 aromatic heterocycles. The number of benzene rings is 1. The fraction of sp³-hybridized carbons (Fsp3) is 0.316. The van der Waals surface area contributed by atoms with Crippen LogP contribution in [0, 0.1) is 18.3 Å². The molecule has 5 heteroatoms. The molecule has 2 heterocycles. The summed E-state index contributed by atoms with van der Waals surface area (Å²) >= 11 is 0. The van der Waals surface area contributed by atoms with E-state index in [1.165, 1.54) is 6.42 Å². The minimum atomic E-state index is -0.717. The number of carbonyl (C=O) groups is 1. The normalized spacial score (nSPS) is 15.3. The van der Waals surface area contributed by atoms with Gasteiger partial charge in [0.15, 0.2) is 0 Å². The van der Waals surface area contributed by atoms with E-state index in [2.05, 4.69) is 11.0 Å². The highest BCUT2D eigenvalue weighted by molar-refractivity contribution is 6.01. The van der Waals surface area contributed by atoms with Crippen LogP contribution in [0.3, 0.4) is 0 Å². The van der Waals surface area contributed by atoms with Gasteiger partial charge in [-0.1, -0.05) is 12.1 Å². The molecule has 1 aliphatic rings. The van der Waals surface area contributed by atoms with E-state index in [0.29, 0.717) is 0 Å². The Labute approximate surface area is 141 Å². The number of aromatic nitrogens is 1. The molecule has 0 radical (unpaired) electrons. The summed E-state index contributed by atoms with van der Waals surface area (Å²) in [5.41, 5.74) is 8.08. The molecule has 2 N–H and O–H groups in total. The molecule has 1 amide bonds. The molecule has 2 aromatic rings. The number of nitriles is 1. The molecule has 0 atom stereocenters. The maximum Gasteiger partial charge on any atom is 0.259 e. The highest BCUT2D eigenvalue weighted by Gasteiger charge is 2.17. The second-order valence-corrected chi connectivity index (χ2v) is 6.18. The van der Waals surface area contributed by atoms with Crippen LogP contribution in [0.5, 0.6) is 0 Å². The number of hydrogen-bond acceptors (Lipinski definition) is 4. The average molecular weight is 320 g/mol. The topological polar surface area (TPSA) is 83.0 Å². The summed E-state index contributed by atoms with van der Waals surface area (Å²) in [4.78, 5) is 18.5. The molecule has 0 spiro atoms. The van der Waals surface area contributed by atoms with Crippen molar-refractivity contribution in [3.63, 3.8) is 0 Å². The first kappa shape index (κ1) is 16.0. The van der Waals surface area contributed by atoms with Crippen molar-refractivity contribution in [3.05, 3.63) is 41.0 Å². The number of nitrogens with zero attached hydrogens (tertiary/aromatic N) is 3. The average Bonchev–Trinajstić information content (AvgIpc) is 2.59. The Morgan fingerprint density at radius 2 is 2.04 bits per heavy atom. The van der Waals surface area contributed by atoms with Gasteiger partial charge in [0, 0.05) is 24.0 Å². The quantitative estimate of drug-likeness (QED) is 0.696. The number of primary amides is 1. The molecule has 122 valence electrons. The minimum absolute atomic E-state index is 0.0541. The second kappa shape index (κ2) is 6.71. The van der Waals surface area contributed by atoms with Crippen LogP contribution < -0.4 is 10.6 Å². The first-order valence-corrected chi connectivity index (χ1v) is 8.16. The van der Waals surface area contributed by atoms with E-state index < -0.39 is 5.91 Å². The van der Waals surface area contributed by atoms with E-state index in [-0.39, 0.29) is 5.57 Å². The van der Waals surface area contributed by atoms with Crippen molar-refractivity contribution < 1.29 is 4.79 Å². The molecular weight excluding hydrogens is 300 g/mol. The van der Waals surface area contributed by atoms with Crippen molar-refractivity contribution in [1.82, 2.24) is 4.98 Å². The molecular formula is C19H20N4O. The van der Waals surface area contributed by atoms with Gasteiger partial charge in [0.2, 0.25) is 0 Å². The van der Waals surface area contributed by atoms with Gasteiger partial charge in [-0.05, 0) is 50.0 Å². The minimum Gasteiger partial charge on any atom is -0.365 e. The molecule has 3 rings (SSSR count). The van der Waals surface area contributed by atoms with Gasteiger partial charge in [-0.25, -0.2) is 4.98 Å². The Hall–Kier alpha value is -2.87. The molecule has 24 heavy (non-hydrogen) atoms. The van der Waals surface area contributed by atoms with E-state index in [0.717, 1.165) is 53.8 Å². The zero-order chi connectivity index (χ0) is 17.1. The third kappa shape index (κ3) is 3.23. The second-order valence-electron chi connectivity index (χ2n) is 6.18. The van der Waals surface area contributed by atoms with Gasteiger partial charge in [0.25, 0.3) is 5.91 Å². The lowest BCUT2D eigenvalue weighted by Crippen LogP contribution is -2.30. The number of nitrogens with two attached hydrogens (primary N) is 1. The van der Waals surface area contributed by atoms with Crippen LogP contribution in [-0.2, 0) is 4.79 Å². The standard InChI is InChI=1S/C19H20N4O/c1-13-5-6-14-10-15(11-16(12-20)18(21)24)19(22-17(14)9-13)23-7-3-2-4-8-23/h5-6,9-11H,2-4,7-8H2,1H3,(H2,21,24).